The van der Waals surface area contributed by atoms with Gasteiger partial charge in [-0.05, 0) is 18.2 Å². The van der Waals surface area contributed by atoms with Crippen LogP contribution < -0.4 is 11.1 Å². The lowest BCUT2D eigenvalue weighted by Crippen LogP contribution is -2.47. The molecule has 146 valence electrons. The molecule has 4 N–H and O–H groups in total. The highest BCUT2D eigenvalue weighted by atomic mass is 16.3. The van der Waals surface area contributed by atoms with E-state index >= 15 is 0 Å². The van der Waals surface area contributed by atoms with Gasteiger partial charge in [0.25, 0.3) is 11.8 Å². The van der Waals surface area contributed by atoms with Gasteiger partial charge in [-0.1, -0.05) is 6.07 Å². The van der Waals surface area contributed by atoms with Gasteiger partial charge in [0.2, 0.25) is 5.78 Å². The topological polar surface area (TPSA) is 149 Å². The molecule has 0 saturated carbocycles. The third kappa shape index (κ3) is 3.50. The molecule has 4 rings (SSSR count). The molecule has 0 aliphatic carbocycles. The predicted octanol–water partition coefficient (Wildman–Crippen LogP) is 0.737. The summed E-state index contributed by atoms with van der Waals surface area (Å²) < 4.78 is 6.73. The van der Waals surface area contributed by atoms with Crippen LogP contribution in [0, 0.1) is 0 Å². The normalized spacial score (nSPS) is 12.0. The number of nitrogens with two attached hydrogens (primary N) is 1. The number of nitrogens with zero attached hydrogens (tertiary/aromatic N) is 3. The van der Waals surface area contributed by atoms with Gasteiger partial charge >= 0.3 is 0 Å². The lowest BCUT2D eigenvalue weighted by atomic mass is 10.0. The lowest BCUT2D eigenvalue weighted by molar-refractivity contribution is -0.137. The number of Topliss-reactive ketones (excluding diaryl/α,β-unsaturated/α-hetero) is 1. The molecule has 0 aliphatic heterocycles. The predicted molar refractivity (Wildman–Crippen MR) is 101 cm³/mol. The Morgan fingerprint density at radius 2 is 2.07 bits per heavy atom. The second kappa shape index (κ2) is 7.43. The number of ketones is 1. The van der Waals surface area contributed by atoms with E-state index in [0.717, 1.165) is 5.52 Å². The SMILES string of the molecule is NC(=O)C(=O)C(Cc1c[nH]c2ccoc12)NC(=O)c1ccnn1-c1ccccn1. The molecule has 0 spiro atoms. The van der Waals surface area contributed by atoms with Gasteiger partial charge in [0.1, 0.15) is 11.7 Å². The highest BCUT2D eigenvalue weighted by molar-refractivity contribution is 6.38. The number of hydrogen-bond acceptors (Lipinski definition) is 6. The smallest absolute Gasteiger partial charge is 0.287 e. The van der Waals surface area contributed by atoms with Crippen LogP contribution in [0.5, 0.6) is 0 Å². The molecule has 1 atom stereocenters. The van der Waals surface area contributed by atoms with Crippen molar-refractivity contribution in [2.75, 3.05) is 0 Å². The highest BCUT2D eigenvalue weighted by Crippen LogP contribution is 2.20. The summed E-state index contributed by atoms with van der Waals surface area (Å²) >= 11 is 0. The van der Waals surface area contributed by atoms with Crippen LogP contribution in [0.2, 0.25) is 0 Å². The van der Waals surface area contributed by atoms with Crippen LogP contribution >= 0.6 is 0 Å². The van der Waals surface area contributed by atoms with E-state index in [1.165, 1.54) is 23.2 Å². The number of furan rings is 1. The minimum absolute atomic E-state index is 0.0265. The molecule has 10 heteroatoms. The average Bonchev–Trinajstić information content (AvgIpc) is 3.45. The maximum Gasteiger partial charge on any atom is 0.287 e. The molecule has 29 heavy (non-hydrogen) atoms. The van der Waals surface area contributed by atoms with Crippen molar-refractivity contribution in [1.29, 1.82) is 0 Å². The molecule has 0 bridgehead atoms. The molecule has 4 aromatic rings. The van der Waals surface area contributed by atoms with Crippen molar-refractivity contribution in [1.82, 2.24) is 25.1 Å². The van der Waals surface area contributed by atoms with Gasteiger partial charge in [0.15, 0.2) is 11.4 Å². The summed E-state index contributed by atoms with van der Waals surface area (Å²) in [5.41, 5.74) is 7.24. The second-order valence-electron chi connectivity index (χ2n) is 6.25. The van der Waals surface area contributed by atoms with Crippen molar-refractivity contribution in [3.05, 3.63) is 66.4 Å². The van der Waals surface area contributed by atoms with E-state index in [-0.39, 0.29) is 12.1 Å². The van der Waals surface area contributed by atoms with Gasteiger partial charge in [0.05, 0.1) is 18.0 Å². The van der Waals surface area contributed by atoms with Crippen molar-refractivity contribution in [2.24, 2.45) is 5.73 Å². The number of pyridine rings is 1. The summed E-state index contributed by atoms with van der Waals surface area (Å²) in [6.45, 7) is 0. The van der Waals surface area contributed by atoms with E-state index in [4.69, 9.17) is 10.2 Å². The van der Waals surface area contributed by atoms with Gasteiger partial charge in [-0.25, -0.2) is 9.67 Å². The van der Waals surface area contributed by atoms with Crippen molar-refractivity contribution in [2.45, 2.75) is 12.5 Å². The van der Waals surface area contributed by atoms with Gasteiger partial charge in [-0.15, -0.1) is 0 Å². The maximum absolute atomic E-state index is 12.8. The first-order chi connectivity index (χ1) is 14.0. The highest BCUT2D eigenvalue weighted by Gasteiger charge is 2.28. The molecule has 10 nitrogen and oxygen atoms in total. The van der Waals surface area contributed by atoms with Gasteiger partial charge in [-0.2, -0.15) is 5.10 Å². The molecule has 0 saturated heterocycles. The Morgan fingerprint density at radius 3 is 2.83 bits per heavy atom. The minimum Gasteiger partial charge on any atom is -0.462 e. The molecule has 1 unspecified atom stereocenters. The maximum atomic E-state index is 12.8. The number of primary amides is 1. The van der Waals surface area contributed by atoms with E-state index in [0.29, 0.717) is 17.0 Å². The summed E-state index contributed by atoms with van der Waals surface area (Å²) in [5.74, 6) is -2.22. The number of aromatic amines is 1. The van der Waals surface area contributed by atoms with E-state index in [2.05, 4.69) is 20.4 Å². The second-order valence-corrected chi connectivity index (χ2v) is 6.25. The van der Waals surface area contributed by atoms with Crippen molar-refractivity contribution < 1.29 is 18.8 Å². The number of rotatable bonds is 7. The minimum atomic E-state index is -1.17. The summed E-state index contributed by atoms with van der Waals surface area (Å²) in [5, 5.41) is 6.67. The summed E-state index contributed by atoms with van der Waals surface area (Å²) in [6, 6.07) is 7.22. The Kier molecular flexibility index (Phi) is 4.65. The first kappa shape index (κ1) is 18.2. The first-order valence-electron chi connectivity index (χ1n) is 8.68. The van der Waals surface area contributed by atoms with Crippen molar-refractivity contribution >= 4 is 28.7 Å². The van der Waals surface area contributed by atoms with Crippen molar-refractivity contribution in [3.63, 3.8) is 0 Å². The summed E-state index contributed by atoms with van der Waals surface area (Å²) in [7, 11) is 0. The van der Waals surface area contributed by atoms with Crippen LogP contribution in [0.3, 0.4) is 0 Å². The number of aromatic nitrogens is 4. The number of hydrogen-bond donors (Lipinski definition) is 3. The van der Waals surface area contributed by atoms with Gasteiger partial charge in [0, 0.05) is 30.4 Å². The standard InChI is InChI=1S/C19H16N6O4/c20-18(27)16(26)13(9-11-10-22-12-5-8-29-17(11)12)24-19(28)14-4-7-23-25(14)15-3-1-2-6-21-15/h1-8,10,13,22H,9H2,(H2,20,27)(H,24,28). The zero-order valence-corrected chi connectivity index (χ0v) is 15.0. The monoisotopic (exact) mass is 392 g/mol. The number of fused-ring (bicyclic) bond motifs is 1. The zero-order valence-electron chi connectivity index (χ0n) is 15.0. The van der Waals surface area contributed by atoms with Crippen LogP contribution in [0.15, 0.2) is 59.6 Å². The number of amides is 2. The molecule has 0 radical (unpaired) electrons. The average molecular weight is 392 g/mol. The van der Waals surface area contributed by atoms with Crippen LogP contribution in [-0.4, -0.2) is 43.4 Å². The Bertz CT molecular complexity index is 1190. The molecule has 2 amide bonds. The Labute approximate surface area is 163 Å². The van der Waals surface area contributed by atoms with Gasteiger partial charge < -0.3 is 20.5 Å². The molecular weight excluding hydrogens is 376 g/mol. The Morgan fingerprint density at radius 1 is 1.21 bits per heavy atom. The number of H-pyrrole nitrogens is 1. The molecule has 4 heterocycles. The fourth-order valence-corrected chi connectivity index (χ4v) is 3.02. The molecule has 0 aromatic carbocycles. The molecule has 0 fully saturated rings. The van der Waals surface area contributed by atoms with Crippen LogP contribution in [-0.2, 0) is 16.0 Å². The fraction of sp³-hybridized carbons (Fsp3) is 0.105. The van der Waals surface area contributed by atoms with E-state index < -0.39 is 23.6 Å². The van der Waals surface area contributed by atoms with Crippen LogP contribution in [0.25, 0.3) is 16.9 Å². The molecule has 0 aliphatic rings. The molecular formula is C19H16N6O4. The summed E-state index contributed by atoms with van der Waals surface area (Å²) in [4.78, 5) is 43.8. The van der Waals surface area contributed by atoms with E-state index in [9.17, 15) is 14.4 Å². The van der Waals surface area contributed by atoms with Crippen LogP contribution in [0.1, 0.15) is 16.1 Å². The largest absolute Gasteiger partial charge is 0.462 e. The van der Waals surface area contributed by atoms with E-state index in [1.54, 1.807) is 36.7 Å². The fourth-order valence-electron chi connectivity index (χ4n) is 3.02. The zero-order chi connectivity index (χ0) is 20.4. The lowest BCUT2D eigenvalue weighted by Gasteiger charge is -2.16. The third-order valence-electron chi connectivity index (χ3n) is 4.39. The third-order valence-corrected chi connectivity index (χ3v) is 4.39. The summed E-state index contributed by atoms with van der Waals surface area (Å²) in [6.07, 6.45) is 6.18. The Balaban J connectivity index is 1.61. The number of nitrogens with one attached hydrogen (secondary N) is 2. The van der Waals surface area contributed by atoms with E-state index in [1.807, 2.05) is 0 Å². The van der Waals surface area contributed by atoms with Crippen molar-refractivity contribution in [3.8, 4) is 5.82 Å². The quantitative estimate of drug-likeness (QED) is 0.395. The first-order valence-corrected chi connectivity index (χ1v) is 8.68. The number of carbonyl (C=O) groups is 3. The number of carbonyl (C=O) groups excluding carboxylic acids is 3. The van der Waals surface area contributed by atoms with Gasteiger partial charge in [-0.3, -0.25) is 14.4 Å². The Hall–Kier alpha value is -4.21. The van der Waals surface area contributed by atoms with Crippen LogP contribution in [0.4, 0.5) is 0 Å². The molecule has 4 aromatic heterocycles.